The van der Waals surface area contributed by atoms with E-state index in [-0.39, 0.29) is 5.91 Å². The van der Waals surface area contributed by atoms with Crippen LogP contribution in [-0.2, 0) is 22.7 Å². The van der Waals surface area contributed by atoms with Crippen LogP contribution in [0.15, 0.2) is 61.3 Å². The van der Waals surface area contributed by atoms with Crippen LogP contribution in [0.1, 0.15) is 18.1 Å². The average Bonchev–Trinajstić information content (AvgIpc) is 2.63. The molecule has 0 bridgehead atoms. The quantitative estimate of drug-likeness (QED) is 0.720. The zero-order chi connectivity index (χ0) is 17.2. The van der Waals surface area contributed by atoms with E-state index in [4.69, 9.17) is 9.47 Å². The molecule has 1 heterocycles. The predicted octanol–water partition coefficient (Wildman–Crippen LogP) is 2.87. The van der Waals surface area contributed by atoms with Crippen molar-refractivity contribution < 1.29 is 14.3 Å². The summed E-state index contributed by atoms with van der Waals surface area (Å²) < 4.78 is 11.0. The monoisotopic (exact) mass is 326 g/mol. The fraction of sp³-hybridized carbons (Fsp3) is 0.263. The third-order valence-electron chi connectivity index (χ3n) is 3.33. The maximum atomic E-state index is 11.9. The van der Waals surface area contributed by atoms with Crippen LogP contribution in [0.2, 0.25) is 0 Å². The molecule has 24 heavy (non-hydrogen) atoms. The Hall–Kier alpha value is -2.66. The highest BCUT2D eigenvalue weighted by atomic mass is 16.5. The molecule has 0 fully saturated rings. The number of nitrogens with one attached hydrogen (secondary N) is 1. The van der Waals surface area contributed by atoms with Crippen LogP contribution in [0, 0.1) is 0 Å². The van der Waals surface area contributed by atoms with Gasteiger partial charge in [-0.15, -0.1) is 6.58 Å². The highest BCUT2D eigenvalue weighted by Crippen LogP contribution is 2.12. The van der Waals surface area contributed by atoms with Crippen molar-refractivity contribution in [1.29, 1.82) is 0 Å². The lowest BCUT2D eigenvalue weighted by molar-refractivity contribution is -0.131. The summed E-state index contributed by atoms with van der Waals surface area (Å²) in [5.41, 5.74) is 1.99. The van der Waals surface area contributed by atoms with Gasteiger partial charge in [-0.1, -0.05) is 36.4 Å². The lowest BCUT2D eigenvalue weighted by atomic mass is 10.2. The third kappa shape index (κ3) is 5.85. The molecule has 2 aromatic rings. The Bertz CT molecular complexity index is 659. The first-order chi connectivity index (χ1) is 11.7. The average molecular weight is 326 g/mol. The minimum atomic E-state index is -0.515. The smallest absolute Gasteiger partial charge is 0.249 e. The molecule has 126 valence electrons. The second-order valence-corrected chi connectivity index (χ2v) is 5.26. The molecule has 2 rings (SSSR count). The highest BCUT2D eigenvalue weighted by molar-refractivity contribution is 5.80. The van der Waals surface area contributed by atoms with Gasteiger partial charge in [0.15, 0.2) is 0 Å². The van der Waals surface area contributed by atoms with E-state index in [0.717, 1.165) is 11.1 Å². The molecule has 1 unspecified atom stereocenters. The molecular formula is C19H22N2O3. The normalized spacial score (nSPS) is 11.5. The number of pyridine rings is 1. The molecule has 0 spiro atoms. The van der Waals surface area contributed by atoms with Crippen LogP contribution >= 0.6 is 0 Å². The fourth-order valence-corrected chi connectivity index (χ4v) is 1.99. The van der Waals surface area contributed by atoms with Crippen molar-refractivity contribution in [2.45, 2.75) is 26.2 Å². The summed E-state index contributed by atoms with van der Waals surface area (Å²) >= 11 is 0. The van der Waals surface area contributed by atoms with Gasteiger partial charge in [-0.2, -0.15) is 0 Å². The lowest BCUT2D eigenvalue weighted by Gasteiger charge is -2.12. The molecule has 0 aliphatic carbocycles. The number of hydrogen-bond donors (Lipinski definition) is 1. The highest BCUT2D eigenvalue weighted by Gasteiger charge is 2.12. The number of carbonyl (C=O) groups is 1. The van der Waals surface area contributed by atoms with E-state index in [1.807, 2.05) is 42.5 Å². The molecule has 0 saturated heterocycles. The number of nitrogens with zero attached hydrogens (tertiary/aromatic N) is 1. The SMILES string of the molecule is C=CCOC(C)C(=O)NCc1ccnc(OCc2ccccc2)c1. The lowest BCUT2D eigenvalue weighted by Crippen LogP contribution is -2.34. The van der Waals surface area contributed by atoms with Crippen molar-refractivity contribution in [3.8, 4) is 5.88 Å². The summed E-state index contributed by atoms with van der Waals surface area (Å²) in [7, 11) is 0. The Balaban J connectivity index is 1.84. The van der Waals surface area contributed by atoms with Crippen LogP contribution in [0.5, 0.6) is 5.88 Å². The molecule has 5 nitrogen and oxygen atoms in total. The zero-order valence-corrected chi connectivity index (χ0v) is 13.8. The van der Waals surface area contributed by atoms with Crippen molar-refractivity contribution in [3.05, 3.63) is 72.4 Å². The molecule has 0 aliphatic heterocycles. The summed E-state index contributed by atoms with van der Waals surface area (Å²) in [5, 5.41) is 2.83. The van der Waals surface area contributed by atoms with Crippen LogP contribution < -0.4 is 10.1 Å². The summed E-state index contributed by atoms with van der Waals surface area (Å²) in [6.45, 7) is 6.46. The van der Waals surface area contributed by atoms with E-state index in [1.165, 1.54) is 0 Å². The number of benzene rings is 1. The van der Waals surface area contributed by atoms with Crippen LogP contribution in [0.3, 0.4) is 0 Å². The second-order valence-electron chi connectivity index (χ2n) is 5.26. The number of aromatic nitrogens is 1. The first kappa shape index (κ1) is 17.7. The van der Waals surface area contributed by atoms with Gasteiger partial charge in [-0.05, 0) is 24.1 Å². The van der Waals surface area contributed by atoms with E-state index in [1.54, 1.807) is 19.2 Å². The molecule has 5 heteroatoms. The first-order valence-corrected chi connectivity index (χ1v) is 7.81. The Morgan fingerprint density at radius 1 is 1.29 bits per heavy atom. The second kappa shape index (κ2) is 9.47. The molecular weight excluding hydrogens is 304 g/mol. The van der Waals surface area contributed by atoms with Gasteiger partial charge in [0.1, 0.15) is 12.7 Å². The summed E-state index contributed by atoms with van der Waals surface area (Å²) in [6, 6.07) is 13.5. The van der Waals surface area contributed by atoms with Crippen molar-refractivity contribution in [2.75, 3.05) is 6.61 Å². The Kier molecular flexibility index (Phi) is 6.98. The van der Waals surface area contributed by atoms with Crippen molar-refractivity contribution in [2.24, 2.45) is 0 Å². The predicted molar refractivity (Wildman–Crippen MR) is 92.5 cm³/mol. The van der Waals surface area contributed by atoms with Gasteiger partial charge in [-0.3, -0.25) is 4.79 Å². The zero-order valence-electron chi connectivity index (χ0n) is 13.8. The van der Waals surface area contributed by atoms with Gasteiger partial charge in [0.05, 0.1) is 6.61 Å². The van der Waals surface area contributed by atoms with E-state index in [0.29, 0.717) is 25.6 Å². The molecule has 0 aliphatic rings. The van der Waals surface area contributed by atoms with Gasteiger partial charge >= 0.3 is 0 Å². The van der Waals surface area contributed by atoms with Gasteiger partial charge in [0.2, 0.25) is 11.8 Å². The van der Waals surface area contributed by atoms with Gasteiger partial charge in [0, 0.05) is 18.8 Å². The first-order valence-electron chi connectivity index (χ1n) is 7.81. The molecule has 1 atom stereocenters. The summed E-state index contributed by atoms with van der Waals surface area (Å²) in [4.78, 5) is 16.1. The molecule has 1 aromatic carbocycles. The summed E-state index contributed by atoms with van der Waals surface area (Å²) in [6.07, 6.45) is 2.77. The number of ether oxygens (including phenoxy) is 2. The number of rotatable bonds is 9. The standard InChI is InChI=1S/C19H22N2O3/c1-3-11-23-15(2)19(22)21-13-17-9-10-20-18(12-17)24-14-16-7-5-4-6-8-16/h3-10,12,15H,1,11,13-14H2,2H3,(H,21,22). The van der Waals surface area contributed by atoms with E-state index in [9.17, 15) is 4.79 Å². The van der Waals surface area contributed by atoms with Gasteiger partial charge in [-0.25, -0.2) is 4.98 Å². The van der Waals surface area contributed by atoms with E-state index in [2.05, 4.69) is 16.9 Å². The molecule has 1 N–H and O–H groups in total. The van der Waals surface area contributed by atoms with Gasteiger partial charge in [0.25, 0.3) is 0 Å². The maximum Gasteiger partial charge on any atom is 0.249 e. The van der Waals surface area contributed by atoms with Crippen molar-refractivity contribution in [3.63, 3.8) is 0 Å². The fourth-order valence-electron chi connectivity index (χ4n) is 1.99. The van der Waals surface area contributed by atoms with Crippen molar-refractivity contribution in [1.82, 2.24) is 10.3 Å². The molecule has 0 saturated carbocycles. The number of carbonyl (C=O) groups excluding carboxylic acids is 1. The largest absolute Gasteiger partial charge is 0.473 e. The minimum absolute atomic E-state index is 0.166. The van der Waals surface area contributed by atoms with Crippen LogP contribution in [-0.4, -0.2) is 23.6 Å². The van der Waals surface area contributed by atoms with Crippen LogP contribution in [0.25, 0.3) is 0 Å². The molecule has 1 aromatic heterocycles. The Labute approximate surface area is 142 Å². The van der Waals surface area contributed by atoms with E-state index < -0.39 is 6.10 Å². The number of amides is 1. The Morgan fingerprint density at radius 3 is 2.83 bits per heavy atom. The van der Waals surface area contributed by atoms with Gasteiger partial charge < -0.3 is 14.8 Å². The van der Waals surface area contributed by atoms with Crippen molar-refractivity contribution >= 4 is 5.91 Å². The summed E-state index contributed by atoms with van der Waals surface area (Å²) in [5.74, 6) is 0.363. The van der Waals surface area contributed by atoms with Crippen LogP contribution in [0.4, 0.5) is 0 Å². The molecule has 0 radical (unpaired) electrons. The number of hydrogen-bond acceptors (Lipinski definition) is 4. The Morgan fingerprint density at radius 2 is 2.08 bits per heavy atom. The maximum absolute atomic E-state index is 11.9. The molecule has 1 amide bonds. The van der Waals surface area contributed by atoms with E-state index >= 15 is 0 Å². The minimum Gasteiger partial charge on any atom is -0.473 e. The third-order valence-corrected chi connectivity index (χ3v) is 3.33. The topological polar surface area (TPSA) is 60.5 Å².